The Morgan fingerprint density at radius 1 is 1.10 bits per heavy atom. The second-order valence-corrected chi connectivity index (χ2v) is 9.94. The maximum atomic E-state index is 12.1. The molecule has 2 nitrogen and oxygen atoms in total. The Labute approximate surface area is 180 Å². The van der Waals surface area contributed by atoms with Crippen molar-refractivity contribution in [1.82, 2.24) is 0 Å². The van der Waals surface area contributed by atoms with Gasteiger partial charge in [-0.3, -0.25) is 4.79 Å². The molecule has 30 heavy (non-hydrogen) atoms. The summed E-state index contributed by atoms with van der Waals surface area (Å²) in [5.74, 6) is 1.75. The summed E-state index contributed by atoms with van der Waals surface area (Å²) in [5, 5.41) is 11.0. The molecule has 156 valence electrons. The Kier molecular flexibility index (Phi) is 4.94. The molecule has 1 N–H and O–H groups in total. The monoisotopic (exact) mass is 400 g/mol. The van der Waals surface area contributed by atoms with Crippen molar-refractivity contribution in [2.24, 2.45) is 17.3 Å². The van der Waals surface area contributed by atoms with Crippen molar-refractivity contribution in [3.05, 3.63) is 76.9 Å². The standard InChI is InChI=1S/C28H32O2/c1-3-4-5-18-6-8-19(9-7-18)24-17-28(2)25(14-15-26(28)30)23-12-10-20-16-21(29)11-13-22(20)27(23)24/h3-9,16,23-26,30H,1,10-15,17H2,2H3/b5-4+/t23?,24-,25?,26?,28?/m1/s1. The lowest BCUT2D eigenvalue weighted by Gasteiger charge is -2.52. The molecule has 5 atom stereocenters. The molecule has 4 unspecified atom stereocenters. The number of hydrogen-bond acceptors (Lipinski definition) is 2. The van der Waals surface area contributed by atoms with Gasteiger partial charge in [0.05, 0.1) is 6.10 Å². The molecule has 1 aromatic carbocycles. The molecule has 0 radical (unpaired) electrons. The first-order chi connectivity index (χ1) is 14.5. The van der Waals surface area contributed by atoms with E-state index < -0.39 is 0 Å². The van der Waals surface area contributed by atoms with Crippen molar-refractivity contribution in [2.75, 3.05) is 0 Å². The second-order valence-electron chi connectivity index (χ2n) is 9.94. The van der Waals surface area contributed by atoms with Gasteiger partial charge >= 0.3 is 0 Å². The molecule has 0 saturated heterocycles. The quantitative estimate of drug-likeness (QED) is 0.618. The molecule has 4 aliphatic rings. The van der Waals surface area contributed by atoms with Crippen molar-refractivity contribution >= 4 is 11.9 Å². The molecule has 0 heterocycles. The van der Waals surface area contributed by atoms with E-state index in [2.05, 4.69) is 43.8 Å². The van der Waals surface area contributed by atoms with Crippen LogP contribution in [-0.4, -0.2) is 17.0 Å². The van der Waals surface area contributed by atoms with Crippen molar-refractivity contribution in [2.45, 2.75) is 63.9 Å². The molecule has 0 spiro atoms. The lowest BCUT2D eigenvalue weighted by Crippen LogP contribution is -2.45. The molecule has 0 amide bonds. The first-order valence-electron chi connectivity index (χ1n) is 11.5. The van der Waals surface area contributed by atoms with Gasteiger partial charge in [-0.15, -0.1) is 0 Å². The summed E-state index contributed by atoms with van der Waals surface area (Å²) in [7, 11) is 0. The highest BCUT2D eigenvalue weighted by Crippen LogP contribution is 2.63. The van der Waals surface area contributed by atoms with Gasteiger partial charge < -0.3 is 5.11 Å². The predicted octanol–water partition coefficient (Wildman–Crippen LogP) is 6.15. The molecule has 4 aliphatic carbocycles. The Bertz CT molecular complexity index is 961. The third-order valence-corrected chi connectivity index (χ3v) is 8.44. The van der Waals surface area contributed by atoms with E-state index in [-0.39, 0.29) is 11.5 Å². The average Bonchev–Trinajstić information content (AvgIpc) is 3.06. The summed E-state index contributed by atoms with van der Waals surface area (Å²) in [4.78, 5) is 12.1. The summed E-state index contributed by atoms with van der Waals surface area (Å²) in [6.07, 6.45) is 14.4. The number of benzene rings is 1. The van der Waals surface area contributed by atoms with Crippen LogP contribution in [0.25, 0.3) is 6.08 Å². The number of carbonyl (C=O) groups is 1. The predicted molar refractivity (Wildman–Crippen MR) is 122 cm³/mol. The SMILES string of the molecule is C=C/C=C/c1ccc([C@H]2CC3(C)C(O)CCC3C3CCC4=CC(=O)CCC4=C32)cc1. The average molecular weight is 401 g/mol. The van der Waals surface area contributed by atoms with Crippen LogP contribution in [0.4, 0.5) is 0 Å². The summed E-state index contributed by atoms with van der Waals surface area (Å²) < 4.78 is 0. The minimum Gasteiger partial charge on any atom is -0.393 e. The number of aliphatic hydroxyl groups excluding tert-OH is 1. The van der Waals surface area contributed by atoms with Gasteiger partial charge in [0.15, 0.2) is 5.78 Å². The Balaban J connectivity index is 1.62. The molecule has 2 fully saturated rings. The molecular formula is C28H32O2. The van der Waals surface area contributed by atoms with Gasteiger partial charge in [0.25, 0.3) is 0 Å². The van der Waals surface area contributed by atoms with Gasteiger partial charge in [0, 0.05) is 12.3 Å². The number of fused-ring (bicyclic) bond motifs is 4. The normalized spacial score (nSPS) is 35.7. The van der Waals surface area contributed by atoms with Crippen LogP contribution in [0, 0.1) is 17.3 Å². The van der Waals surface area contributed by atoms with Gasteiger partial charge in [0.2, 0.25) is 0 Å². The molecule has 5 rings (SSSR count). The third-order valence-electron chi connectivity index (χ3n) is 8.44. The molecule has 0 bridgehead atoms. The molecular weight excluding hydrogens is 368 g/mol. The Morgan fingerprint density at radius 3 is 2.67 bits per heavy atom. The van der Waals surface area contributed by atoms with E-state index in [1.165, 1.54) is 22.3 Å². The number of aliphatic hydroxyl groups is 1. The van der Waals surface area contributed by atoms with Crippen LogP contribution in [-0.2, 0) is 4.79 Å². The van der Waals surface area contributed by atoms with E-state index in [0.29, 0.717) is 30.0 Å². The van der Waals surface area contributed by atoms with Gasteiger partial charge in [-0.2, -0.15) is 0 Å². The van der Waals surface area contributed by atoms with E-state index in [9.17, 15) is 9.90 Å². The minimum absolute atomic E-state index is 0.00743. The van der Waals surface area contributed by atoms with Crippen LogP contribution in [0.3, 0.4) is 0 Å². The first-order valence-corrected chi connectivity index (χ1v) is 11.5. The van der Waals surface area contributed by atoms with Crippen LogP contribution in [0.5, 0.6) is 0 Å². The van der Waals surface area contributed by atoms with Crippen LogP contribution in [0.2, 0.25) is 0 Å². The number of hydrogen-bond donors (Lipinski definition) is 1. The highest BCUT2D eigenvalue weighted by atomic mass is 16.3. The number of ketones is 1. The zero-order chi connectivity index (χ0) is 20.9. The van der Waals surface area contributed by atoms with E-state index >= 15 is 0 Å². The number of carbonyl (C=O) groups excluding carboxylic acids is 1. The van der Waals surface area contributed by atoms with E-state index in [1.54, 1.807) is 11.6 Å². The van der Waals surface area contributed by atoms with Gasteiger partial charge in [0.1, 0.15) is 0 Å². The molecule has 2 saturated carbocycles. The Hall–Kier alpha value is -2.19. The van der Waals surface area contributed by atoms with Gasteiger partial charge in [-0.05, 0) is 84.1 Å². The molecule has 2 heteroatoms. The minimum atomic E-state index is -0.198. The van der Waals surface area contributed by atoms with Crippen LogP contribution in [0.1, 0.15) is 68.9 Å². The van der Waals surface area contributed by atoms with Crippen LogP contribution >= 0.6 is 0 Å². The molecule has 0 aromatic heterocycles. The van der Waals surface area contributed by atoms with E-state index in [1.807, 2.05) is 12.2 Å². The summed E-state index contributed by atoms with van der Waals surface area (Å²) in [6, 6.07) is 8.93. The van der Waals surface area contributed by atoms with Crippen molar-refractivity contribution in [1.29, 1.82) is 0 Å². The number of rotatable bonds is 3. The van der Waals surface area contributed by atoms with Crippen LogP contribution < -0.4 is 0 Å². The fourth-order valence-electron chi connectivity index (χ4n) is 6.95. The summed E-state index contributed by atoms with van der Waals surface area (Å²) in [5.41, 5.74) is 6.92. The fourth-order valence-corrected chi connectivity index (χ4v) is 6.95. The van der Waals surface area contributed by atoms with Crippen molar-refractivity contribution in [3.8, 4) is 0 Å². The summed E-state index contributed by atoms with van der Waals surface area (Å²) >= 11 is 0. The maximum Gasteiger partial charge on any atom is 0.156 e. The summed E-state index contributed by atoms with van der Waals surface area (Å²) in [6.45, 7) is 6.09. The second kappa shape index (κ2) is 7.50. The van der Waals surface area contributed by atoms with E-state index in [4.69, 9.17) is 0 Å². The molecule has 0 aliphatic heterocycles. The first kappa shape index (κ1) is 19.8. The Morgan fingerprint density at radius 2 is 1.90 bits per heavy atom. The zero-order valence-electron chi connectivity index (χ0n) is 17.9. The maximum absolute atomic E-state index is 12.1. The largest absolute Gasteiger partial charge is 0.393 e. The fraction of sp³-hybridized carbons (Fsp3) is 0.464. The lowest BCUT2D eigenvalue weighted by atomic mass is 9.53. The molecule has 1 aromatic rings. The third kappa shape index (κ3) is 3.08. The topological polar surface area (TPSA) is 37.3 Å². The van der Waals surface area contributed by atoms with E-state index in [0.717, 1.165) is 38.5 Å². The van der Waals surface area contributed by atoms with Crippen molar-refractivity contribution < 1.29 is 9.90 Å². The highest BCUT2D eigenvalue weighted by molar-refractivity contribution is 5.93. The lowest BCUT2D eigenvalue weighted by molar-refractivity contribution is -0.114. The smallest absolute Gasteiger partial charge is 0.156 e. The number of allylic oxidation sites excluding steroid dienone is 6. The van der Waals surface area contributed by atoms with Crippen molar-refractivity contribution in [3.63, 3.8) is 0 Å². The zero-order valence-corrected chi connectivity index (χ0v) is 17.9. The van der Waals surface area contributed by atoms with Gasteiger partial charge in [-0.1, -0.05) is 61.6 Å². The highest BCUT2D eigenvalue weighted by Gasteiger charge is 2.56. The van der Waals surface area contributed by atoms with Gasteiger partial charge in [-0.25, -0.2) is 0 Å². The van der Waals surface area contributed by atoms with Crippen LogP contribution in [0.15, 0.2) is 65.8 Å².